The Labute approximate surface area is 130 Å². The minimum atomic E-state index is 0.290. The fourth-order valence-electron chi connectivity index (χ4n) is 3.46. The zero-order valence-electron chi connectivity index (χ0n) is 13.0. The minimum absolute atomic E-state index is 0.290. The monoisotopic (exact) mass is 304 g/mol. The molecular weight excluding hydrogens is 280 g/mol. The predicted molar refractivity (Wildman–Crippen MR) is 81.0 cm³/mol. The maximum absolute atomic E-state index is 12.4. The smallest absolute Gasteiger partial charge is 0.226 e. The maximum Gasteiger partial charge on any atom is 0.226 e. The van der Waals surface area contributed by atoms with Crippen molar-refractivity contribution in [1.82, 2.24) is 20.0 Å². The van der Waals surface area contributed by atoms with E-state index in [1.807, 2.05) is 4.90 Å². The summed E-state index contributed by atoms with van der Waals surface area (Å²) < 4.78 is 7.44. The van der Waals surface area contributed by atoms with E-state index in [0.29, 0.717) is 11.9 Å². The van der Waals surface area contributed by atoms with Crippen LogP contribution in [0.5, 0.6) is 0 Å². The third-order valence-electron chi connectivity index (χ3n) is 5.12. The number of aromatic nitrogens is 2. The quantitative estimate of drug-likeness (QED) is 0.898. The van der Waals surface area contributed by atoms with Crippen LogP contribution in [0.3, 0.4) is 0 Å². The van der Waals surface area contributed by atoms with Gasteiger partial charge in [-0.25, -0.2) is 0 Å². The molecule has 1 aliphatic carbocycles. The molecule has 0 spiro atoms. The van der Waals surface area contributed by atoms with Gasteiger partial charge in [0.05, 0.1) is 31.1 Å². The van der Waals surface area contributed by atoms with E-state index in [0.717, 1.165) is 64.3 Å². The lowest BCUT2D eigenvalue weighted by atomic mass is 9.84. The number of hydrogen-bond donors (Lipinski definition) is 1. The summed E-state index contributed by atoms with van der Waals surface area (Å²) in [5.41, 5.74) is 2.23. The SMILES string of the molecule is O=C(C1CCC1)N1CCn2nc(CN[C@H]3CCOC3)cc2C1. The van der Waals surface area contributed by atoms with Crippen LogP contribution in [-0.2, 0) is 29.2 Å². The van der Waals surface area contributed by atoms with E-state index in [1.54, 1.807) is 0 Å². The fraction of sp³-hybridized carbons (Fsp3) is 0.750. The molecule has 1 atom stereocenters. The van der Waals surface area contributed by atoms with E-state index < -0.39 is 0 Å². The van der Waals surface area contributed by atoms with E-state index >= 15 is 0 Å². The highest BCUT2D eigenvalue weighted by Gasteiger charge is 2.31. The third kappa shape index (κ3) is 2.77. The number of ether oxygens (including phenoxy) is 1. The summed E-state index contributed by atoms with van der Waals surface area (Å²) in [6, 6.07) is 2.60. The summed E-state index contributed by atoms with van der Waals surface area (Å²) >= 11 is 0. The lowest BCUT2D eigenvalue weighted by Crippen LogP contribution is -2.43. The van der Waals surface area contributed by atoms with E-state index in [2.05, 4.69) is 21.2 Å². The van der Waals surface area contributed by atoms with Crippen LogP contribution in [0.4, 0.5) is 0 Å². The first-order chi connectivity index (χ1) is 10.8. The highest BCUT2D eigenvalue weighted by Crippen LogP contribution is 2.29. The molecule has 1 aromatic rings. The standard InChI is InChI=1S/C16H24N4O2/c21-16(12-2-1-3-12)19-5-6-20-15(10-19)8-14(18-20)9-17-13-4-7-22-11-13/h8,12-13,17H,1-7,9-11H2/t13-/m0/s1. The van der Waals surface area contributed by atoms with Gasteiger partial charge in [0.15, 0.2) is 0 Å². The number of fused-ring (bicyclic) bond motifs is 1. The summed E-state index contributed by atoms with van der Waals surface area (Å²) in [5.74, 6) is 0.638. The molecule has 1 saturated heterocycles. The van der Waals surface area contributed by atoms with Gasteiger partial charge in [0.2, 0.25) is 5.91 Å². The van der Waals surface area contributed by atoms with Gasteiger partial charge in [0.1, 0.15) is 0 Å². The van der Waals surface area contributed by atoms with Crippen LogP contribution in [0.15, 0.2) is 6.07 Å². The van der Waals surface area contributed by atoms with Crippen molar-refractivity contribution in [3.63, 3.8) is 0 Å². The van der Waals surface area contributed by atoms with Crippen molar-refractivity contribution in [3.05, 3.63) is 17.5 Å². The summed E-state index contributed by atoms with van der Waals surface area (Å²) in [6.45, 7) is 4.78. The molecule has 4 rings (SSSR count). The molecule has 1 aromatic heterocycles. The zero-order valence-corrected chi connectivity index (χ0v) is 13.0. The zero-order chi connectivity index (χ0) is 14.9. The van der Waals surface area contributed by atoms with Crippen molar-refractivity contribution in [2.24, 2.45) is 5.92 Å². The van der Waals surface area contributed by atoms with Gasteiger partial charge < -0.3 is 15.0 Å². The Morgan fingerprint density at radius 1 is 1.36 bits per heavy atom. The van der Waals surface area contributed by atoms with Crippen molar-refractivity contribution < 1.29 is 9.53 Å². The topological polar surface area (TPSA) is 59.4 Å². The number of amides is 1. The van der Waals surface area contributed by atoms with Gasteiger partial charge in [-0.1, -0.05) is 6.42 Å². The largest absolute Gasteiger partial charge is 0.380 e. The highest BCUT2D eigenvalue weighted by molar-refractivity contribution is 5.79. The van der Waals surface area contributed by atoms with Crippen LogP contribution >= 0.6 is 0 Å². The Kier molecular flexibility index (Phi) is 3.88. The molecule has 3 heterocycles. The maximum atomic E-state index is 12.4. The molecular formula is C16H24N4O2. The highest BCUT2D eigenvalue weighted by atomic mass is 16.5. The molecule has 2 fully saturated rings. The van der Waals surface area contributed by atoms with Gasteiger partial charge >= 0.3 is 0 Å². The molecule has 0 aromatic carbocycles. The van der Waals surface area contributed by atoms with Crippen molar-refractivity contribution in [2.45, 2.75) is 51.4 Å². The van der Waals surface area contributed by atoms with E-state index in [1.165, 1.54) is 12.1 Å². The van der Waals surface area contributed by atoms with Crippen LogP contribution in [-0.4, -0.2) is 46.4 Å². The Hall–Kier alpha value is -1.40. The molecule has 1 N–H and O–H groups in total. The van der Waals surface area contributed by atoms with Gasteiger partial charge in [-0.3, -0.25) is 9.48 Å². The minimum Gasteiger partial charge on any atom is -0.380 e. The first kappa shape index (κ1) is 14.2. The van der Waals surface area contributed by atoms with E-state index in [9.17, 15) is 4.79 Å². The van der Waals surface area contributed by atoms with E-state index in [-0.39, 0.29) is 5.92 Å². The summed E-state index contributed by atoms with van der Waals surface area (Å²) in [7, 11) is 0. The number of nitrogens with one attached hydrogen (secondary N) is 1. The van der Waals surface area contributed by atoms with Gasteiger partial charge in [0.25, 0.3) is 0 Å². The fourth-order valence-corrected chi connectivity index (χ4v) is 3.46. The van der Waals surface area contributed by atoms with Crippen molar-refractivity contribution in [3.8, 4) is 0 Å². The van der Waals surface area contributed by atoms with Crippen LogP contribution in [0.25, 0.3) is 0 Å². The number of nitrogens with zero attached hydrogens (tertiary/aromatic N) is 3. The van der Waals surface area contributed by atoms with Gasteiger partial charge in [-0.05, 0) is 25.3 Å². The molecule has 6 heteroatoms. The van der Waals surface area contributed by atoms with Crippen LogP contribution in [0, 0.1) is 5.92 Å². The van der Waals surface area contributed by atoms with Crippen molar-refractivity contribution >= 4 is 5.91 Å². The van der Waals surface area contributed by atoms with Crippen molar-refractivity contribution in [1.29, 1.82) is 0 Å². The van der Waals surface area contributed by atoms with Gasteiger partial charge in [0, 0.05) is 31.7 Å². The molecule has 1 saturated carbocycles. The number of carbonyl (C=O) groups is 1. The summed E-state index contributed by atoms with van der Waals surface area (Å²) in [5, 5.41) is 8.16. The van der Waals surface area contributed by atoms with Crippen LogP contribution in [0.1, 0.15) is 37.1 Å². The predicted octanol–water partition coefficient (Wildman–Crippen LogP) is 0.904. The Morgan fingerprint density at radius 3 is 3.00 bits per heavy atom. The van der Waals surface area contributed by atoms with E-state index in [4.69, 9.17) is 4.74 Å². The first-order valence-corrected chi connectivity index (χ1v) is 8.45. The summed E-state index contributed by atoms with van der Waals surface area (Å²) in [6.07, 6.45) is 4.45. The molecule has 0 radical (unpaired) electrons. The third-order valence-corrected chi connectivity index (χ3v) is 5.12. The lowest BCUT2D eigenvalue weighted by molar-refractivity contribution is -0.139. The lowest BCUT2D eigenvalue weighted by Gasteiger charge is -2.34. The number of rotatable bonds is 4. The Bertz CT molecular complexity index is 546. The molecule has 0 bridgehead atoms. The number of hydrogen-bond acceptors (Lipinski definition) is 4. The second-order valence-electron chi connectivity index (χ2n) is 6.68. The average molecular weight is 304 g/mol. The first-order valence-electron chi connectivity index (χ1n) is 8.45. The normalized spacial score (nSPS) is 25.1. The molecule has 3 aliphatic rings. The number of carbonyl (C=O) groups excluding carboxylic acids is 1. The molecule has 2 aliphatic heterocycles. The average Bonchev–Trinajstić information content (AvgIpc) is 3.11. The Morgan fingerprint density at radius 2 is 2.27 bits per heavy atom. The molecule has 1 amide bonds. The summed E-state index contributed by atoms with van der Waals surface area (Å²) in [4.78, 5) is 14.4. The molecule has 22 heavy (non-hydrogen) atoms. The Balaban J connectivity index is 1.36. The molecule has 6 nitrogen and oxygen atoms in total. The molecule has 120 valence electrons. The van der Waals surface area contributed by atoms with Crippen LogP contribution in [0.2, 0.25) is 0 Å². The molecule has 0 unspecified atom stereocenters. The second-order valence-corrected chi connectivity index (χ2v) is 6.68. The van der Waals surface area contributed by atoms with Gasteiger partial charge in [-0.15, -0.1) is 0 Å². The van der Waals surface area contributed by atoms with Gasteiger partial charge in [-0.2, -0.15) is 5.10 Å². The second kappa shape index (κ2) is 6.01. The van der Waals surface area contributed by atoms with Crippen molar-refractivity contribution in [2.75, 3.05) is 19.8 Å². The van der Waals surface area contributed by atoms with Crippen LogP contribution < -0.4 is 5.32 Å².